The van der Waals surface area contributed by atoms with E-state index in [2.05, 4.69) is 11.9 Å². The Morgan fingerprint density at radius 2 is 1.57 bits per heavy atom. The molecule has 40 heavy (non-hydrogen) atoms. The molecule has 3 saturated heterocycles. The Bertz CT molecular complexity index is 960. The molecule has 0 aliphatic carbocycles. The lowest BCUT2D eigenvalue weighted by molar-refractivity contribution is -0.373. The molecule has 0 unspecified atom stereocenters. The summed E-state index contributed by atoms with van der Waals surface area (Å²) in [6.45, 7) is 14.2. The third-order valence-electron chi connectivity index (χ3n) is 6.33. The van der Waals surface area contributed by atoms with Crippen LogP contribution in [0.1, 0.15) is 48.5 Å². The van der Waals surface area contributed by atoms with Crippen molar-refractivity contribution in [2.75, 3.05) is 13.2 Å². The van der Waals surface area contributed by atoms with E-state index in [9.17, 15) is 19.2 Å². The van der Waals surface area contributed by atoms with Crippen molar-refractivity contribution in [3.63, 3.8) is 0 Å². The number of carbonyl (C=O) groups is 4. The van der Waals surface area contributed by atoms with Gasteiger partial charge in [-0.1, -0.05) is 6.08 Å². The second-order valence-corrected chi connectivity index (χ2v) is 11.7. The van der Waals surface area contributed by atoms with Crippen LogP contribution >= 0.6 is 11.8 Å². The molecule has 13 nitrogen and oxygen atoms in total. The van der Waals surface area contributed by atoms with Gasteiger partial charge >= 0.3 is 17.9 Å². The van der Waals surface area contributed by atoms with Crippen molar-refractivity contribution in [2.45, 2.75) is 114 Å². The molecule has 1 N–H and O–H groups in total. The van der Waals surface area contributed by atoms with E-state index in [1.165, 1.54) is 39.5 Å². The van der Waals surface area contributed by atoms with Crippen molar-refractivity contribution in [1.29, 1.82) is 0 Å². The summed E-state index contributed by atoms with van der Waals surface area (Å²) in [6, 6.07) is -0.861. The molecular weight excluding hydrogens is 550 g/mol. The minimum absolute atomic E-state index is 0.127. The van der Waals surface area contributed by atoms with E-state index in [1.807, 2.05) is 0 Å². The largest absolute Gasteiger partial charge is 0.457 e. The summed E-state index contributed by atoms with van der Waals surface area (Å²) < 4.78 is 47.3. The van der Waals surface area contributed by atoms with E-state index >= 15 is 0 Å². The maximum atomic E-state index is 12.3. The van der Waals surface area contributed by atoms with Gasteiger partial charge < -0.3 is 43.2 Å². The van der Waals surface area contributed by atoms with E-state index in [1.54, 1.807) is 26.8 Å². The smallest absolute Gasteiger partial charge is 0.303 e. The van der Waals surface area contributed by atoms with Crippen LogP contribution in [-0.2, 0) is 57.1 Å². The van der Waals surface area contributed by atoms with Gasteiger partial charge in [0.05, 0.1) is 13.2 Å². The second-order valence-electron chi connectivity index (χ2n) is 10.2. The first-order chi connectivity index (χ1) is 18.7. The number of hydrogen-bond donors (Lipinski definition) is 1. The standard InChI is InChI=1S/C26H39NO12S/c1-9-10-32-24-18(27-13(3)28)21(20-17(37-24)11-33-26(7,8)39-20)38-25-23(36-16(6)31)22(35-15(5)30)19(12(2)40-25)34-14(4)29/h9,12,17-25H,1,10-11H2,2-8H3,(H,27,28)/t12-,17+,18+,19+,20+,21+,22+,23-,24+,25-/m0/s1. The number of rotatable bonds is 9. The predicted molar refractivity (Wildman–Crippen MR) is 140 cm³/mol. The molecule has 0 bridgehead atoms. The Balaban J connectivity index is 2.03. The lowest BCUT2D eigenvalue weighted by atomic mass is 9.94. The van der Waals surface area contributed by atoms with Crippen LogP contribution in [0.2, 0.25) is 0 Å². The third kappa shape index (κ3) is 8.17. The van der Waals surface area contributed by atoms with Gasteiger partial charge in [0.15, 0.2) is 30.4 Å². The maximum Gasteiger partial charge on any atom is 0.303 e. The molecule has 0 spiro atoms. The highest BCUT2D eigenvalue weighted by atomic mass is 32.2. The third-order valence-corrected chi connectivity index (χ3v) is 7.68. The lowest BCUT2D eigenvalue weighted by Crippen LogP contribution is -2.70. The fourth-order valence-electron chi connectivity index (χ4n) is 4.91. The van der Waals surface area contributed by atoms with Crippen LogP contribution in [0.5, 0.6) is 0 Å². The number of fused-ring (bicyclic) bond motifs is 1. The molecule has 3 aliphatic rings. The van der Waals surface area contributed by atoms with Crippen LogP contribution in [-0.4, -0.2) is 102 Å². The number of thioether (sulfide) groups is 1. The van der Waals surface area contributed by atoms with Gasteiger partial charge in [-0.15, -0.1) is 18.3 Å². The molecule has 0 saturated carbocycles. The quantitative estimate of drug-likeness (QED) is 0.233. The molecule has 3 rings (SSSR count). The minimum atomic E-state index is -1.17. The van der Waals surface area contributed by atoms with Gasteiger partial charge in [-0.2, -0.15) is 0 Å². The van der Waals surface area contributed by atoms with E-state index in [0.717, 1.165) is 0 Å². The zero-order chi connectivity index (χ0) is 29.8. The molecule has 0 radical (unpaired) electrons. The monoisotopic (exact) mass is 589 g/mol. The zero-order valence-electron chi connectivity index (χ0n) is 23.8. The Labute approximate surface area is 237 Å². The molecular formula is C26H39NO12S. The molecule has 1 amide bonds. The predicted octanol–water partition coefficient (Wildman–Crippen LogP) is 1.21. The summed E-state index contributed by atoms with van der Waals surface area (Å²) in [5, 5.41) is 2.40. The van der Waals surface area contributed by atoms with Crippen LogP contribution in [0.25, 0.3) is 0 Å². The minimum Gasteiger partial charge on any atom is -0.457 e. The van der Waals surface area contributed by atoms with Crippen molar-refractivity contribution in [1.82, 2.24) is 5.32 Å². The first kappa shape index (κ1) is 32.3. The van der Waals surface area contributed by atoms with Gasteiger partial charge in [0.25, 0.3) is 0 Å². The summed E-state index contributed by atoms with van der Waals surface area (Å²) in [5.41, 5.74) is -0.940. The number of carbonyl (C=O) groups excluding carboxylic acids is 4. The molecule has 14 heteroatoms. The average molecular weight is 590 g/mol. The SMILES string of the molecule is C=CCO[C@@H]1O[C@@H]2COC(C)(C)O[C@H]2[C@H](O[C@H]2S[C@@H](C)[C@@H](OC(C)=O)[C@@H](OC(C)=O)[C@@H]2OC(C)=O)[C@H]1NC(C)=O. The van der Waals surface area contributed by atoms with Crippen molar-refractivity contribution >= 4 is 35.6 Å². The number of ether oxygens (including phenoxy) is 8. The highest BCUT2D eigenvalue weighted by molar-refractivity contribution is 8.00. The Kier molecular flexibility index (Phi) is 11.0. The number of nitrogens with one attached hydrogen (secondary N) is 1. The normalized spacial score (nSPS) is 36.9. The molecule has 10 atom stereocenters. The highest BCUT2D eigenvalue weighted by Gasteiger charge is 2.57. The summed E-state index contributed by atoms with van der Waals surface area (Å²) in [6.07, 6.45) is -4.95. The Hall–Kier alpha value is -2.23. The van der Waals surface area contributed by atoms with E-state index in [0.29, 0.717) is 0 Å². The number of esters is 3. The van der Waals surface area contributed by atoms with Crippen LogP contribution in [0, 0.1) is 0 Å². The van der Waals surface area contributed by atoms with Gasteiger partial charge in [-0.05, 0) is 20.8 Å². The zero-order valence-corrected chi connectivity index (χ0v) is 24.6. The van der Waals surface area contributed by atoms with Crippen molar-refractivity contribution in [3.8, 4) is 0 Å². The first-order valence-corrected chi connectivity index (χ1v) is 14.0. The molecule has 3 heterocycles. The van der Waals surface area contributed by atoms with Gasteiger partial charge in [0.1, 0.15) is 29.8 Å². The Morgan fingerprint density at radius 3 is 2.15 bits per heavy atom. The topological polar surface area (TPSA) is 154 Å². The van der Waals surface area contributed by atoms with Crippen LogP contribution in [0.15, 0.2) is 12.7 Å². The van der Waals surface area contributed by atoms with E-state index in [4.69, 9.17) is 37.9 Å². The molecule has 226 valence electrons. The molecule has 3 aliphatic heterocycles. The fourth-order valence-corrected chi connectivity index (χ4v) is 6.26. The van der Waals surface area contributed by atoms with E-state index in [-0.39, 0.29) is 19.1 Å². The molecule has 0 aromatic heterocycles. The van der Waals surface area contributed by atoms with Crippen LogP contribution in [0.4, 0.5) is 0 Å². The number of amides is 1. The van der Waals surface area contributed by atoms with Gasteiger partial charge in [-0.3, -0.25) is 19.2 Å². The Morgan fingerprint density at radius 1 is 0.975 bits per heavy atom. The van der Waals surface area contributed by atoms with Gasteiger partial charge in [-0.25, -0.2) is 0 Å². The summed E-state index contributed by atoms with van der Waals surface area (Å²) in [4.78, 5) is 48.5. The highest BCUT2D eigenvalue weighted by Crippen LogP contribution is 2.42. The molecule has 0 aromatic rings. The first-order valence-electron chi connectivity index (χ1n) is 13.0. The molecule has 3 fully saturated rings. The van der Waals surface area contributed by atoms with E-state index < -0.39 is 83.3 Å². The summed E-state index contributed by atoms with van der Waals surface area (Å²) in [7, 11) is 0. The van der Waals surface area contributed by atoms with Gasteiger partial charge in [0, 0.05) is 32.9 Å². The van der Waals surface area contributed by atoms with Crippen molar-refractivity contribution in [2.24, 2.45) is 0 Å². The molecule has 0 aromatic carbocycles. The fraction of sp³-hybridized carbons (Fsp3) is 0.769. The van der Waals surface area contributed by atoms with Gasteiger partial charge in [0.2, 0.25) is 5.91 Å². The van der Waals surface area contributed by atoms with Crippen LogP contribution in [0.3, 0.4) is 0 Å². The lowest BCUT2D eigenvalue weighted by Gasteiger charge is -2.52. The van der Waals surface area contributed by atoms with Crippen LogP contribution < -0.4 is 5.32 Å². The second kappa shape index (κ2) is 13.6. The average Bonchev–Trinajstić information content (AvgIpc) is 2.82. The van der Waals surface area contributed by atoms with Crippen molar-refractivity contribution < 1.29 is 57.1 Å². The summed E-state index contributed by atoms with van der Waals surface area (Å²) in [5.74, 6) is -3.27. The summed E-state index contributed by atoms with van der Waals surface area (Å²) >= 11 is 1.23. The maximum absolute atomic E-state index is 12.3. The number of hydrogen-bond acceptors (Lipinski definition) is 13. The van der Waals surface area contributed by atoms with Crippen molar-refractivity contribution in [3.05, 3.63) is 12.7 Å².